The monoisotopic (exact) mass is 162 g/mol. The molecule has 0 saturated carbocycles. The Morgan fingerprint density at radius 3 is 3.42 bits per heavy atom. The number of ether oxygens (including phenoxy) is 1. The van der Waals surface area contributed by atoms with E-state index in [1.165, 1.54) is 5.56 Å². The van der Waals surface area contributed by atoms with Gasteiger partial charge in [0.2, 0.25) is 0 Å². The lowest BCUT2D eigenvalue weighted by atomic mass is 9.93. The van der Waals surface area contributed by atoms with Gasteiger partial charge in [0, 0.05) is 17.8 Å². The molecule has 1 aromatic rings. The molecule has 2 aliphatic heterocycles. The lowest BCUT2D eigenvalue weighted by molar-refractivity contribution is 0.0667. The lowest BCUT2D eigenvalue weighted by Gasteiger charge is -2.15. The predicted molar refractivity (Wildman–Crippen MR) is 43.4 cm³/mol. The van der Waals surface area contributed by atoms with Crippen LogP contribution >= 0.6 is 0 Å². The smallest absolute Gasteiger partial charge is 0.102 e. The Bertz CT molecular complexity index is 326. The van der Waals surface area contributed by atoms with E-state index in [0.29, 0.717) is 0 Å². The van der Waals surface area contributed by atoms with E-state index in [9.17, 15) is 0 Å². The molecule has 1 fully saturated rings. The van der Waals surface area contributed by atoms with Crippen LogP contribution in [0.2, 0.25) is 0 Å². The predicted octanol–water partition coefficient (Wildman–Crippen LogP) is 0.925. The van der Waals surface area contributed by atoms with E-state index in [4.69, 9.17) is 10.5 Å². The Hall–Kier alpha value is -0.930. The largest absolute Gasteiger partial charge is 0.362 e. The van der Waals surface area contributed by atoms with Crippen molar-refractivity contribution in [3.8, 4) is 0 Å². The summed E-state index contributed by atoms with van der Waals surface area (Å²) >= 11 is 0. The molecule has 0 aliphatic carbocycles. The van der Waals surface area contributed by atoms with Gasteiger partial charge in [0.05, 0.1) is 5.69 Å². The van der Waals surface area contributed by atoms with E-state index in [-0.39, 0.29) is 18.2 Å². The fourth-order valence-corrected chi connectivity index (χ4v) is 2.12. The molecule has 3 heteroatoms. The molecule has 3 atom stereocenters. The van der Waals surface area contributed by atoms with E-state index < -0.39 is 0 Å². The van der Waals surface area contributed by atoms with Crippen molar-refractivity contribution in [2.75, 3.05) is 0 Å². The van der Waals surface area contributed by atoms with Gasteiger partial charge in [-0.1, -0.05) is 6.07 Å². The Balaban J connectivity index is 2.17. The summed E-state index contributed by atoms with van der Waals surface area (Å²) in [7, 11) is 0. The molecule has 62 valence electrons. The highest BCUT2D eigenvalue weighted by atomic mass is 16.5. The first-order valence-electron chi connectivity index (χ1n) is 4.22. The Labute approximate surface area is 70.6 Å². The van der Waals surface area contributed by atoms with Crippen LogP contribution in [0.15, 0.2) is 18.3 Å². The summed E-state index contributed by atoms with van der Waals surface area (Å²) < 4.78 is 5.67. The second-order valence-electron chi connectivity index (χ2n) is 3.42. The van der Waals surface area contributed by atoms with E-state index in [1.807, 2.05) is 12.3 Å². The number of nitrogens with two attached hydrogens (primary N) is 1. The fourth-order valence-electron chi connectivity index (χ4n) is 2.12. The Kier molecular flexibility index (Phi) is 1.13. The normalized spacial score (nSPS) is 36.9. The van der Waals surface area contributed by atoms with Gasteiger partial charge < -0.3 is 10.5 Å². The molecule has 3 unspecified atom stereocenters. The fraction of sp³-hybridized carbons (Fsp3) is 0.444. The minimum absolute atomic E-state index is 0.110. The minimum atomic E-state index is 0.110. The molecule has 0 radical (unpaired) electrons. The van der Waals surface area contributed by atoms with Crippen molar-refractivity contribution >= 4 is 0 Å². The summed E-state index contributed by atoms with van der Waals surface area (Å²) in [5.41, 5.74) is 8.18. The highest BCUT2D eigenvalue weighted by molar-refractivity contribution is 5.33. The number of fused-ring (bicyclic) bond motifs is 5. The van der Waals surface area contributed by atoms with Crippen LogP contribution in [0.1, 0.15) is 29.9 Å². The van der Waals surface area contributed by atoms with Crippen LogP contribution in [0.3, 0.4) is 0 Å². The van der Waals surface area contributed by atoms with Crippen molar-refractivity contribution in [3.05, 3.63) is 29.6 Å². The molecule has 2 bridgehead atoms. The topological polar surface area (TPSA) is 48.1 Å². The molecule has 0 aromatic carbocycles. The molecule has 1 aromatic heterocycles. The zero-order chi connectivity index (χ0) is 8.13. The van der Waals surface area contributed by atoms with Crippen molar-refractivity contribution < 1.29 is 4.74 Å². The first kappa shape index (κ1) is 6.57. The van der Waals surface area contributed by atoms with Gasteiger partial charge in [-0.2, -0.15) is 0 Å². The van der Waals surface area contributed by atoms with Crippen LogP contribution < -0.4 is 5.73 Å². The highest BCUT2D eigenvalue weighted by Gasteiger charge is 2.44. The molecule has 1 saturated heterocycles. The quantitative estimate of drug-likeness (QED) is 0.617. The van der Waals surface area contributed by atoms with Crippen LogP contribution in [-0.2, 0) is 4.74 Å². The standard InChI is InChI=1S/C9H10N2O/c10-6-4-7-8-5(9(6)12-7)2-1-3-11-8/h1-3,6-7,9H,4,10H2. The zero-order valence-electron chi connectivity index (χ0n) is 6.60. The molecule has 2 aliphatic rings. The summed E-state index contributed by atoms with van der Waals surface area (Å²) in [5.74, 6) is 0. The number of rotatable bonds is 0. The minimum Gasteiger partial charge on any atom is -0.362 e. The van der Waals surface area contributed by atoms with Crippen molar-refractivity contribution in [1.82, 2.24) is 4.98 Å². The molecule has 12 heavy (non-hydrogen) atoms. The summed E-state index contributed by atoms with van der Waals surface area (Å²) in [6, 6.07) is 4.17. The van der Waals surface area contributed by atoms with Crippen LogP contribution in [-0.4, -0.2) is 11.0 Å². The molecular weight excluding hydrogens is 152 g/mol. The van der Waals surface area contributed by atoms with Gasteiger partial charge in [0.25, 0.3) is 0 Å². The summed E-state index contributed by atoms with van der Waals surface area (Å²) in [5, 5.41) is 0. The summed E-state index contributed by atoms with van der Waals surface area (Å²) in [6.45, 7) is 0. The third kappa shape index (κ3) is 0.653. The molecule has 3 nitrogen and oxygen atoms in total. The molecule has 3 heterocycles. The third-order valence-corrected chi connectivity index (χ3v) is 2.67. The van der Waals surface area contributed by atoms with Crippen molar-refractivity contribution in [2.45, 2.75) is 24.7 Å². The van der Waals surface area contributed by atoms with Crippen LogP contribution in [0.25, 0.3) is 0 Å². The highest BCUT2D eigenvalue weighted by Crippen LogP contribution is 2.48. The SMILES string of the molecule is NC1CC2OC1c1cccnc12. The third-order valence-electron chi connectivity index (χ3n) is 2.67. The number of pyridine rings is 1. The molecule has 0 spiro atoms. The molecule has 0 amide bonds. The van der Waals surface area contributed by atoms with E-state index in [1.54, 1.807) is 0 Å². The number of hydrogen-bond donors (Lipinski definition) is 1. The molecular formula is C9H10N2O. The van der Waals surface area contributed by atoms with Crippen LogP contribution in [0, 0.1) is 0 Å². The van der Waals surface area contributed by atoms with Gasteiger partial charge in [0.1, 0.15) is 12.2 Å². The number of aromatic nitrogens is 1. The first-order valence-corrected chi connectivity index (χ1v) is 4.22. The van der Waals surface area contributed by atoms with Crippen molar-refractivity contribution in [1.29, 1.82) is 0 Å². The Morgan fingerprint density at radius 1 is 1.58 bits per heavy atom. The number of hydrogen-bond acceptors (Lipinski definition) is 3. The van der Waals surface area contributed by atoms with Crippen LogP contribution in [0.5, 0.6) is 0 Å². The van der Waals surface area contributed by atoms with Gasteiger partial charge in [-0.15, -0.1) is 0 Å². The Morgan fingerprint density at radius 2 is 2.50 bits per heavy atom. The van der Waals surface area contributed by atoms with Gasteiger partial charge in [0.15, 0.2) is 0 Å². The van der Waals surface area contributed by atoms with E-state index in [2.05, 4.69) is 11.1 Å². The second-order valence-corrected chi connectivity index (χ2v) is 3.42. The summed E-state index contributed by atoms with van der Waals surface area (Å²) in [6.07, 6.45) is 3.02. The first-order chi connectivity index (χ1) is 5.86. The number of nitrogens with zero attached hydrogens (tertiary/aromatic N) is 1. The lowest BCUT2D eigenvalue weighted by Crippen LogP contribution is -2.25. The molecule has 3 rings (SSSR count). The maximum absolute atomic E-state index is 5.88. The van der Waals surface area contributed by atoms with Crippen LogP contribution in [0.4, 0.5) is 0 Å². The van der Waals surface area contributed by atoms with Gasteiger partial charge in [-0.05, 0) is 12.5 Å². The van der Waals surface area contributed by atoms with Gasteiger partial charge in [-0.3, -0.25) is 4.98 Å². The van der Waals surface area contributed by atoms with Gasteiger partial charge >= 0.3 is 0 Å². The zero-order valence-corrected chi connectivity index (χ0v) is 6.60. The maximum atomic E-state index is 5.88. The van der Waals surface area contributed by atoms with E-state index in [0.717, 1.165) is 12.1 Å². The second kappa shape index (κ2) is 2.06. The molecule has 2 N–H and O–H groups in total. The van der Waals surface area contributed by atoms with Crippen molar-refractivity contribution in [2.24, 2.45) is 5.73 Å². The summed E-state index contributed by atoms with van der Waals surface area (Å²) in [4.78, 5) is 4.30. The van der Waals surface area contributed by atoms with E-state index >= 15 is 0 Å². The maximum Gasteiger partial charge on any atom is 0.102 e. The van der Waals surface area contributed by atoms with Gasteiger partial charge in [-0.25, -0.2) is 0 Å². The van der Waals surface area contributed by atoms with Crippen molar-refractivity contribution in [3.63, 3.8) is 0 Å². The average Bonchev–Trinajstić information content (AvgIpc) is 2.62. The average molecular weight is 162 g/mol.